The number of amides is 1. The summed E-state index contributed by atoms with van der Waals surface area (Å²) >= 11 is 0. The number of morpholine rings is 1. The van der Waals surface area contributed by atoms with Gasteiger partial charge in [0.15, 0.2) is 0 Å². The summed E-state index contributed by atoms with van der Waals surface area (Å²) in [4.78, 5) is 14.8. The van der Waals surface area contributed by atoms with Gasteiger partial charge in [0.05, 0.1) is 19.3 Å². The standard InChI is InChI=1S/C18H30N4O2/c1-14(15-4-6-19-7-5-15)10-17(23)22-8-9-24-18(2,13-22)16-11-20-21(3)12-16/h11-12,14-15,19H,4-10,13H2,1-3H3. The van der Waals surface area contributed by atoms with Crippen LogP contribution >= 0.6 is 0 Å². The van der Waals surface area contributed by atoms with E-state index in [2.05, 4.69) is 24.3 Å². The summed E-state index contributed by atoms with van der Waals surface area (Å²) in [6, 6.07) is 0. The van der Waals surface area contributed by atoms with Gasteiger partial charge in [-0.3, -0.25) is 9.48 Å². The van der Waals surface area contributed by atoms with Crippen LogP contribution in [0.2, 0.25) is 0 Å². The molecule has 6 heteroatoms. The Bertz CT molecular complexity index is 567. The zero-order valence-electron chi connectivity index (χ0n) is 15.1. The van der Waals surface area contributed by atoms with Gasteiger partial charge in [-0.2, -0.15) is 5.10 Å². The number of rotatable bonds is 4. The average Bonchev–Trinajstić information content (AvgIpc) is 3.03. The third-order valence-corrected chi connectivity index (χ3v) is 5.63. The highest BCUT2D eigenvalue weighted by Crippen LogP contribution is 2.30. The SMILES string of the molecule is CC(CC(=O)N1CCOC(C)(c2cnn(C)c2)C1)C1CCNCC1. The maximum atomic E-state index is 12.8. The molecule has 24 heavy (non-hydrogen) atoms. The van der Waals surface area contributed by atoms with Crippen LogP contribution in [0.1, 0.15) is 38.7 Å². The summed E-state index contributed by atoms with van der Waals surface area (Å²) in [5, 5.41) is 7.64. The third kappa shape index (κ3) is 3.81. The molecule has 0 bridgehead atoms. The average molecular weight is 334 g/mol. The maximum absolute atomic E-state index is 12.8. The summed E-state index contributed by atoms with van der Waals surface area (Å²) < 4.78 is 7.79. The van der Waals surface area contributed by atoms with Crippen LogP contribution in [0.15, 0.2) is 12.4 Å². The Morgan fingerprint density at radius 3 is 2.92 bits per heavy atom. The van der Waals surface area contributed by atoms with Crippen molar-refractivity contribution in [2.75, 3.05) is 32.8 Å². The lowest BCUT2D eigenvalue weighted by molar-refractivity contribution is -0.150. The van der Waals surface area contributed by atoms with Crippen molar-refractivity contribution < 1.29 is 9.53 Å². The van der Waals surface area contributed by atoms with Crippen LogP contribution in [-0.4, -0.2) is 53.4 Å². The molecule has 1 aromatic rings. The first-order chi connectivity index (χ1) is 11.5. The van der Waals surface area contributed by atoms with Crippen molar-refractivity contribution in [2.24, 2.45) is 18.9 Å². The molecule has 2 unspecified atom stereocenters. The first-order valence-electron chi connectivity index (χ1n) is 9.09. The summed E-state index contributed by atoms with van der Waals surface area (Å²) in [7, 11) is 1.90. The highest BCUT2D eigenvalue weighted by molar-refractivity contribution is 5.76. The molecule has 2 atom stereocenters. The minimum atomic E-state index is -0.458. The van der Waals surface area contributed by atoms with Crippen LogP contribution in [0.25, 0.3) is 0 Å². The van der Waals surface area contributed by atoms with Crippen LogP contribution in [0.5, 0.6) is 0 Å². The Kier molecular flexibility index (Phi) is 5.25. The van der Waals surface area contributed by atoms with Gasteiger partial charge in [0.2, 0.25) is 5.91 Å². The number of hydrogen-bond acceptors (Lipinski definition) is 4. The van der Waals surface area contributed by atoms with Gasteiger partial charge in [-0.15, -0.1) is 0 Å². The Morgan fingerprint density at radius 1 is 1.50 bits per heavy atom. The topological polar surface area (TPSA) is 59.4 Å². The van der Waals surface area contributed by atoms with E-state index in [-0.39, 0.29) is 5.91 Å². The van der Waals surface area contributed by atoms with Gasteiger partial charge in [-0.05, 0) is 44.7 Å². The van der Waals surface area contributed by atoms with E-state index in [0.717, 1.165) is 18.7 Å². The van der Waals surface area contributed by atoms with E-state index in [1.54, 1.807) is 4.68 Å². The predicted molar refractivity (Wildman–Crippen MR) is 92.5 cm³/mol. The van der Waals surface area contributed by atoms with Crippen molar-refractivity contribution in [3.05, 3.63) is 18.0 Å². The molecule has 0 aromatic carbocycles. The molecule has 3 rings (SSSR count). The fourth-order valence-electron chi connectivity index (χ4n) is 3.94. The highest BCUT2D eigenvalue weighted by atomic mass is 16.5. The van der Waals surface area contributed by atoms with Gasteiger partial charge in [0.1, 0.15) is 5.60 Å². The van der Waals surface area contributed by atoms with E-state index in [0.29, 0.717) is 38.0 Å². The Balaban J connectivity index is 1.60. The number of nitrogens with one attached hydrogen (secondary N) is 1. The highest BCUT2D eigenvalue weighted by Gasteiger charge is 2.37. The summed E-state index contributed by atoms with van der Waals surface area (Å²) in [6.45, 7) is 8.33. The van der Waals surface area contributed by atoms with Gasteiger partial charge in [0.25, 0.3) is 0 Å². The second-order valence-electron chi connectivity index (χ2n) is 7.57. The summed E-state index contributed by atoms with van der Waals surface area (Å²) in [6.07, 6.45) is 6.83. The van der Waals surface area contributed by atoms with Crippen molar-refractivity contribution in [3.8, 4) is 0 Å². The molecule has 3 heterocycles. The largest absolute Gasteiger partial charge is 0.367 e. The number of piperidine rings is 1. The van der Waals surface area contributed by atoms with E-state index in [9.17, 15) is 4.79 Å². The summed E-state index contributed by atoms with van der Waals surface area (Å²) in [5.41, 5.74) is 0.578. The molecule has 1 aromatic heterocycles. The molecule has 1 N–H and O–H groups in total. The van der Waals surface area contributed by atoms with Crippen molar-refractivity contribution in [3.63, 3.8) is 0 Å². The number of hydrogen-bond donors (Lipinski definition) is 1. The molecule has 0 radical (unpaired) electrons. The fourth-order valence-corrected chi connectivity index (χ4v) is 3.94. The van der Waals surface area contributed by atoms with E-state index >= 15 is 0 Å². The molecule has 1 amide bonds. The van der Waals surface area contributed by atoms with Gasteiger partial charge in [0, 0.05) is 31.8 Å². The van der Waals surface area contributed by atoms with Crippen LogP contribution in [0.4, 0.5) is 0 Å². The van der Waals surface area contributed by atoms with E-state index in [4.69, 9.17) is 4.74 Å². The van der Waals surface area contributed by atoms with E-state index < -0.39 is 5.60 Å². The minimum absolute atomic E-state index is 0.263. The van der Waals surface area contributed by atoms with Crippen molar-refractivity contribution in [1.82, 2.24) is 20.0 Å². The van der Waals surface area contributed by atoms with Crippen LogP contribution in [0, 0.1) is 11.8 Å². The lowest BCUT2D eigenvalue weighted by Gasteiger charge is -2.40. The van der Waals surface area contributed by atoms with E-state index in [1.165, 1.54) is 12.8 Å². The molecular formula is C18H30N4O2. The molecule has 2 saturated heterocycles. The normalized spacial score (nSPS) is 27.2. The van der Waals surface area contributed by atoms with Gasteiger partial charge >= 0.3 is 0 Å². The second kappa shape index (κ2) is 7.23. The second-order valence-corrected chi connectivity index (χ2v) is 7.57. The van der Waals surface area contributed by atoms with Gasteiger partial charge < -0.3 is 15.0 Å². The fraction of sp³-hybridized carbons (Fsp3) is 0.778. The molecule has 2 aliphatic heterocycles. The smallest absolute Gasteiger partial charge is 0.223 e. The number of nitrogens with zero attached hydrogens (tertiary/aromatic N) is 3. The number of ether oxygens (including phenoxy) is 1. The zero-order valence-corrected chi connectivity index (χ0v) is 15.1. The van der Waals surface area contributed by atoms with Crippen LogP contribution in [-0.2, 0) is 22.2 Å². The number of carbonyl (C=O) groups is 1. The lowest BCUT2D eigenvalue weighted by atomic mass is 9.83. The minimum Gasteiger partial charge on any atom is -0.367 e. The zero-order chi connectivity index (χ0) is 17.2. The lowest BCUT2D eigenvalue weighted by Crippen LogP contribution is -2.50. The number of carbonyl (C=O) groups excluding carboxylic acids is 1. The molecular weight excluding hydrogens is 304 g/mol. The molecule has 0 aliphatic carbocycles. The van der Waals surface area contributed by atoms with Crippen molar-refractivity contribution in [1.29, 1.82) is 0 Å². The van der Waals surface area contributed by atoms with Crippen molar-refractivity contribution >= 4 is 5.91 Å². The molecule has 0 saturated carbocycles. The van der Waals surface area contributed by atoms with Gasteiger partial charge in [-0.1, -0.05) is 6.92 Å². The first-order valence-corrected chi connectivity index (χ1v) is 9.09. The third-order valence-electron chi connectivity index (χ3n) is 5.63. The molecule has 6 nitrogen and oxygen atoms in total. The van der Waals surface area contributed by atoms with Crippen molar-refractivity contribution in [2.45, 2.75) is 38.7 Å². The molecule has 134 valence electrons. The molecule has 2 fully saturated rings. The van der Waals surface area contributed by atoms with Gasteiger partial charge in [-0.25, -0.2) is 0 Å². The first kappa shape index (κ1) is 17.4. The quantitative estimate of drug-likeness (QED) is 0.907. The Morgan fingerprint density at radius 2 is 2.25 bits per heavy atom. The number of aromatic nitrogens is 2. The Labute approximate surface area is 144 Å². The maximum Gasteiger partial charge on any atom is 0.223 e. The number of aryl methyl sites for hydroxylation is 1. The predicted octanol–water partition coefficient (Wildman–Crippen LogP) is 1.52. The monoisotopic (exact) mass is 334 g/mol. The van der Waals surface area contributed by atoms with E-state index in [1.807, 2.05) is 24.3 Å². The molecule has 2 aliphatic rings. The Hall–Kier alpha value is -1.40. The summed E-state index contributed by atoms with van der Waals surface area (Å²) in [5.74, 6) is 1.38. The van der Waals surface area contributed by atoms with Crippen LogP contribution < -0.4 is 5.32 Å². The van der Waals surface area contributed by atoms with Crippen LogP contribution in [0.3, 0.4) is 0 Å². The molecule has 0 spiro atoms.